The van der Waals surface area contributed by atoms with Crippen molar-refractivity contribution in [3.63, 3.8) is 0 Å². The molecule has 6 heteroatoms. The highest BCUT2D eigenvalue weighted by Gasteiger charge is 2.18. The molecule has 0 saturated carbocycles. The Morgan fingerprint density at radius 2 is 2.20 bits per heavy atom. The van der Waals surface area contributed by atoms with Crippen molar-refractivity contribution in [3.05, 3.63) is 11.7 Å². The SMILES string of the molecule is Cc1nc(C(N)CN2CCOCC2)no1. The van der Waals surface area contributed by atoms with E-state index in [0.29, 0.717) is 11.7 Å². The van der Waals surface area contributed by atoms with Gasteiger partial charge >= 0.3 is 0 Å². The Morgan fingerprint density at radius 3 is 2.80 bits per heavy atom. The first kappa shape index (κ1) is 10.5. The molecule has 2 heterocycles. The highest BCUT2D eigenvalue weighted by Crippen LogP contribution is 2.09. The maximum Gasteiger partial charge on any atom is 0.223 e. The minimum atomic E-state index is -0.180. The molecular weight excluding hydrogens is 196 g/mol. The van der Waals surface area contributed by atoms with Gasteiger partial charge in [-0.05, 0) is 0 Å². The third-order valence-electron chi connectivity index (χ3n) is 2.43. The van der Waals surface area contributed by atoms with Gasteiger partial charge in [-0.3, -0.25) is 4.90 Å². The maximum atomic E-state index is 5.97. The van der Waals surface area contributed by atoms with Crippen LogP contribution >= 0.6 is 0 Å². The zero-order valence-electron chi connectivity index (χ0n) is 8.85. The number of ether oxygens (including phenoxy) is 1. The Balaban J connectivity index is 1.88. The van der Waals surface area contributed by atoms with Crippen LogP contribution in [0.15, 0.2) is 4.52 Å². The number of hydrogen-bond acceptors (Lipinski definition) is 6. The molecule has 84 valence electrons. The lowest BCUT2D eigenvalue weighted by atomic mass is 10.2. The summed E-state index contributed by atoms with van der Waals surface area (Å²) in [4.78, 5) is 6.37. The molecule has 0 radical (unpaired) electrons. The molecule has 0 aromatic carbocycles. The van der Waals surface area contributed by atoms with E-state index < -0.39 is 0 Å². The van der Waals surface area contributed by atoms with E-state index in [0.717, 1.165) is 32.8 Å². The van der Waals surface area contributed by atoms with Crippen molar-refractivity contribution < 1.29 is 9.26 Å². The van der Waals surface area contributed by atoms with Crippen molar-refractivity contribution in [2.45, 2.75) is 13.0 Å². The van der Waals surface area contributed by atoms with Gasteiger partial charge in [-0.15, -0.1) is 0 Å². The molecule has 1 aromatic rings. The number of aryl methyl sites for hydroxylation is 1. The fourth-order valence-electron chi connectivity index (χ4n) is 1.61. The third-order valence-corrected chi connectivity index (χ3v) is 2.43. The fraction of sp³-hybridized carbons (Fsp3) is 0.778. The first-order chi connectivity index (χ1) is 7.25. The van der Waals surface area contributed by atoms with Crippen LogP contribution in [0.5, 0.6) is 0 Å². The predicted octanol–water partition coefficient (Wildman–Crippen LogP) is -0.290. The molecule has 0 spiro atoms. The Kier molecular flexibility index (Phi) is 3.30. The number of rotatable bonds is 3. The van der Waals surface area contributed by atoms with Gasteiger partial charge in [-0.25, -0.2) is 0 Å². The predicted molar refractivity (Wildman–Crippen MR) is 53.2 cm³/mol. The van der Waals surface area contributed by atoms with Crippen LogP contribution < -0.4 is 5.73 Å². The van der Waals surface area contributed by atoms with Gasteiger partial charge in [0.2, 0.25) is 5.89 Å². The third kappa shape index (κ3) is 2.74. The minimum absolute atomic E-state index is 0.180. The van der Waals surface area contributed by atoms with Gasteiger partial charge in [-0.2, -0.15) is 4.98 Å². The molecule has 1 fully saturated rings. The fourth-order valence-corrected chi connectivity index (χ4v) is 1.61. The van der Waals surface area contributed by atoms with E-state index >= 15 is 0 Å². The molecule has 6 nitrogen and oxygen atoms in total. The van der Waals surface area contributed by atoms with Crippen LogP contribution in [0.1, 0.15) is 17.8 Å². The highest BCUT2D eigenvalue weighted by atomic mass is 16.5. The van der Waals surface area contributed by atoms with E-state index in [1.807, 2.05) is 0 Å². The topological polar surface area (TPSA) is 77.4 Å². The number of aromatic nitrogens is 2. The van der Waals surface area contributed by atoms with Gasteiger partial charge < -0.3 is 15.0 Å². The molecule has 1 aliphatic heterocycles. The second kappa shape index (κ2) is 4.69. The van der Waals surface area contributed by atoms with E-state index in [9.17, 15) is 0 Å². The van der Waals surface area contributed by atoms with Gasteiger partial charge in [0.05, 0.1) is 19.3 Å². The summed E-state index contributed by atoms with van der Waals surface area (Å²) in [5.74, 6) is 1.14. The van der Waals surface area contributed by atoms with Crippen LogP contribution in [-0.4, -0.2) is 47.9 Å². The van der Waals surface area contributed by atoms with Crippen LogP contribution in [0, 0.1) is 6.92 Å². The molecule has 1 aliphatic rings. The Labute approximate surface area is 88.4 Å². The highest BCUT2D eigenvalue weighted by molar-refractivity contribution is 4.93. The van der Waals surface area contributed by atoms with Crippen molar-refractivity contribution >= 4 is 0 Å². The number of hydrogen-bond donors (Lipinski definition) is 1. The first-order valence-electron chi connectivity index (χ1n) is 5.11. The van der Waals surface area contributed by atoms with Gasteiger partial charge in [0.1, 0.15) is 0 Å². The molecular formula is C9H16N4O2. The zero-order chi connectivity index (χ0) is 10.7. The monoisotopic (exact) mass is 212 g/mol. The Morgan fingerprint density at radius 1 is 1.47 bits per heavy atom. The van der Waals surface area contributed by atoms with Gasteiger partial charge in [0, 0.05) is 26.6 Å². The molecule has 2 rings (SSSR count). The molecule has 1 saturated heterocycles. The van der Waals surface area contributed by atoms with Crippen molar-refractivity contribution in [2.75, 3.05) is 32.8 Å². The lowest BCUT2D eigenvalue weighted by Gasteiger charge is -2.27. The van der Waals surface area contributed by atoms with E-state index in [1.54, 1.807) is 6.92 Å². The van der Waals surface area contributed by atoms with Crippen LogP contribution in [-0.2, 0) is 4.74 Å². The maximum absolute atomic E-state index is 5.97. The van der Waals surface area contributed by atoms with Gasteiger partial charge in [-0.1, -0.05) is 5.16 Å². The lowest BCUT2D eigenvalue weighted by molar-refractivity contribution is 0.0348. The Bertz CT molecular complexity index is 309. The summed E-state index contributed by atoms with van der Waals surface area (Å²) >= 11 is 0. The summed E-state index contributed by atoms with van der Waals surface area (Å²) in [6.07, 6.45) is 0. The summed E-state index contributed by atoms with van der Waals surface area (Å²) < 4.78 is 10.1. The van der Waals surface area contributed by atoms with Crippen LogP contribution in [0.3, 0.4) is 0 Å². The summed E-state index contributed by atoms with van der Waals surface area (Å²) in [5.41, 5.74) is 5.97. The van der Waals surface area contributed by atoms with E-state index in [4.69, 9.17) is 15.0 Å². The lowest BCUT2D eigenvalue weighted by Crippen LogP contribution is -2.40. The smallest absolute Gasteiger partial charge is 0.223 e. The molecule has 0 aliphatic carbocycles. The second-order valence-electron chi connectivity index (χ2n) is 3.69. The van der Waals surface area contributed by atoms with Crippen molar-refractivity contribution in [3.8, 4) is 0 Å². The normalized spacial score (nSPS) is 20.4. The molecule has 15 heavy (non-hydrogen) atoms. The van der Waals surface area contributed by atoms with Crippen molar-refractivity contribution in [1.82, 2.24) is 15.0 Å². The molecule has 2 N–H and O–H groups in total. The van der Waals surface area contributed by atoms with Gasteiger partial charge in [0.25, 0.3) is 0 Å². The summed E-state index contributed by atoms with van der Waals surface area (Å²) in [6, 6.07) is -0.180. The first-order valence-corrected chi connectivity index (χ1v) is 5.11. The van der Waals surface area contributed by atoms with E-state index in [-0.39, 0.29) is 6.04 Å². The quantitative estimate of drug-likeness (QED) is 0.742. The summed E-state index contributed by atoms with van der Waals surface area (Å²) in [6.45, 7) is 5.91. The molecule has 1 atom stereocenters. The molecule has 1 unspecified atom stereocenters. The number of nitrogens with zero attached hydrogens (tertiary/aromatic N) is 3. The number of morpholine rings is 1. The molecule has 1 aromatic heterocycles. The van der Waals surface area contributed by atoms with Crippen LogP contribution in [0.4, 0.5) is 0 Å². The summed E-state index contributed by atoms with van der Waals surface area (Å²) in [7, 11) is 0. The van der Waals surface area contributed by atoms with Crippen LogP contribution in [0.2, 0.25) is 0 Å². The summed E-state index contributed by atoms with van der Waals surface area (Å²) in [5, 5.41) is 3.81. The Hall–Kier alpha value is -0.980. The van der Waals surface area contributed by atoms with Gasteiger partial charge in [0.15, 0.2) is 5.82 Å². The molecule has 0 amide bonds. The second-order valence-corrected chi connectivity index (χ2v) is 3.69. The standard InChI is InChI=1S/C9H16N4O2/c1-7-11-9(12-15-7)8(10)6-13-2-4-14-5-3-13/h8H,2-6,10H2,1H3. The average molecular weight is 212 g/mol. The molecule has 0 bridgehead atoms. The van der Waals surface area contributed by atoms with Crippen molar-refractivity contribution in [2.24, 2.45) is 5.73 Å². The minimum Gasteiger partial charge on any atom is -0.379 e. The van der Waals surface area contributed by atoms with Crippen LogP contribution in [0.25, 0.3) is 0 Å². The average Bonchev–Trinajstić information content (AvgIpc) is 2.66. The number of nitrogens with two attached hydrogens (primary N) is 1. The van der Waals surface area contributed by atoms with E-state index in [2.05, 4.69) is 15.0 Å². The van der Waals surface area contributed by atoms with Crippen molar-refractivity contribution in [1.29, 1.82) is 0 Å². The van der Waals surface area contributed by atoms with E-state index in [1.165, 1.54) is 0 Å². The zero-order valence-corrected chi connectivity index (χ0v) is 8.85. The largest absolute Gasteiger partial charge is 0.379 e.